The zero-order chi connectivity index (χ0) is 17.8. The van der Waals surface area contributed by atoms with Crippen molar-refractivity contribution < 1.29 is 23.7 Å². The van der Waals surface area contributed by atoms with Crippen molar-refractivity contribution in [1.82, 2.24) is 0 Å². The molecule has 1 heterocycles. The molecule has 0 unspecified atom stereocenters. The fourth-order valence-electron chi connectivity index (χ4n) is 2.92. The molecule has 0 atom stereocenters. The number of ether oxygens (including phenoxy) is 4. The van der Waals surface area contributed by atoms with Crippen LogP contribution < -0.4 is 24.3 Å². The van der Waals surface area contributed by atoms with E-state index in [9.17, 15) is 4.79 Å². The second-order valence-corrected chi connectivity index (χ2v) is 5.68. The van der Waals surface area contributed by atoms with Gasteiger partial charge in [-0.3, -0.25) is 4.79 Å². The highest BCUT2D eigenvalue weighted by molar-refractivity contribution is 5.90. The van der Waals surface area contributed by atoms with E-state index in [1.54, 1.807) is 14.2 Å². The molecular formula is C19H21NO5. The molecule has 1 aliphatic heterocycles. The number of anilines is 1. The standard InChI is InChI=1S/C19H21NO5/c1-12(21)20-16-7-9-18-19(25-11-24-18)15(16)6-4-13-10-14(22-2)5-8-17(13)23-3/h5,7-10H,4,6,11H2,1-3H3,(H,20,21). The van der Waals surface area contributed by atoms with Gasteiger partial charge in [-0.25, -0.2) is 0 Å². The molecule has 0 fully saturated rings. The Hall–Kier alpha value is -2.89. The third-order valence-electron chi connectivity index (χ3n) is 4.08. The van der Waals surface area contributed by atoms with E-state index < -0.39 is 0 Å². The molecule has 3 rings (SSSR count). The van der Waals surface area contributed by atoms with Gasteiger partial charge in [0.25, 0.3) is 0 Å². The third-order valence-corrected chi connectivity index (χ3v) is 4.08. The zero-order valence-corrected chi connectivity index (χ0v) is 14.5. The monoisotopic (exact) mass is 343 g/mol. The predicted molar refractivity (Wildman–Crippen MR) is 93.8 cm³/mol. The van der Waals surface area contributed by atoms with Crippen LogP contribution >= 0.6 is 0 Å². The van der Waals surface area contributed by atoms with Crippen LogP contribution in [0, 0.1) is 0 Å². The topological polar surface area (TPSA) is 66.0 Å². The summed E-state index contributed by atoms with van der Waals surface area (Å²) in [6.07, 6.45) is 1.36. The number of carbonyl (C=O) groups is 1. The van der Waals surface area contributed by atoms with Crippen LogP contribution in [0.3, 0.4) is 0 Å². The summed E-state index contributed by atoms with van der Waals surface area (Å²) in [5, 5.41) is 2.86. The molecule has 0 spiro atoms. The van der Waals surface area contributed by atoms with E-state index in [0.717, 1.165) is 28.3 Å². The lowest BCUT2D eigenvalue weighted by Gasteiger charge is -2.14. The fraction of sp³-hybridized carbons (Fsp3) is 0.316. The lowest BCUT2D eigenvalue weighted by Crippen LogP contribution is -2.09. The first kappa shape index (κ1) is 17.0. The minimum atomic E-state index is -0.126. The van der Waals surface area contributed by atoms with Crippen LogP contribution in [0.5, 0.6) is 23.0 Å². The summed E-state index contributed by atoms with van der Waals surface area (Å²) >= 11 is 0. The second-order valence-electron chi connectivity index (χ2n) is 5.68. The molecule has 25 heavy (non-hydrogen) atoms. The maximum atomic E-state index is 11.5. The number of hydrogen-bond donors (Lipinski definition) is 1. The summed E-state index contributed by atoms with van der Waals surface area (Å²) in [4.78, 5) is 11.5. The maximum absolute atomic E-state index is 11.5. The quantitative estimate of drug-likeness (QED) is 0.873. The molecule has 1 N–H and O–H groups in total. The molecule has 0 saturated carbocycles. The molecule has 0 saturated heterocycles. The van der Waals surface area contributed by atoms with Crippen molar-refractivity contribution >= 4 is 11.6 Å². The average Bonchev–Trinajstić information content (AvgIpc) is 3.08. The first-order chi connectivity index (χ1) is 12.1. The van der Waals surface area contributed by atoms with Crippen LogP contribution in [-0.4, -0.2) is 26.9 Å². The summed E-state index contributed by atoms with van der Waals surface area (Å²) < 4.78 is 21.8. The van der Waals surface area contributed by atoms with Crippen LogP contribution in [0.25, 0.3) is 0 Å². The number of hydrogen-bond acceptors (Lipinski definition) is 5. The molecule has 6 nitrogen and oxygen atoms in total. The highest BCUT2D eigenvalue weighted by atomic mass is 16.7. The number of nitrogens with one attached hydrogen (secondary N) is 1. The van der Waals surface area contributed by atoms with Gasteiger partial charge >= 0.3 is 0 Å². The lowest BCUT2D eigenvalue weighted by atomic mass is 10.0. The van der Waals surface area contributed by atoms with Gasteiger partial charge in [0.05, 0.1) is 14.2 Å². The molecule has 0 radical (unpaired) electrons. The Morgan fingerprint density at radius 2 is 1.96 bits per heavy atom. The molecule has 0 aromatic heterocycles. The highest BCUT2D eigenvalue weighted by Gasteiger charge is 2.21. The lowest BCUT2D eigenvalue weighted by molar-refractivity contribution is -0.114. The number of methoxy groups -OCH3 is 2. The van der Waals surface area contributed by atoms with Gasteiger partial charge in [0.1, 0.15) is 11.5 Å². The van der Waals surface area contributed by atoms with Gasteiger partial charge in [0.15, 0.2) is 11.5 Å². The van der Waals surface area contributed by atoms with Crippen molar-refractivity contribution in [2.24, 2.45) is 0 Å². The van der Waals surface area contributed by atoms with Crippen molar-refractivity contribution in [3.63, 3.8) is 0 Å². The average molecular weight is 343 g/mol. The first-order valence-corrected chi connectivity index (χ1v) is 8.02. The summed E-state index contributed by atoms with van der Waals surface area (Å²) in [5.74, 6) is 2.83. The Balaban J connectivity index is 1.90. The molecule has 2 aromatic carbocycles. The SMILES string of the molecule is COc1ccc(OC)c(CCc2c(NC(C)=O)ccc3c2OCO3)c1. The van der Waals surface area contributed by atoms with Crippen LogP contribution in [0.4, 0.5) is 5.69 Å². The number of carbonyl (C=O) groups excluding carboxylic acids is 1. The van der Waals surface area contributed by atoms with Crippen molar-refractivity contribution in [3.05, 3.63) is 41.5 Å². The van der Waals surface area contributed by atoms with Crippen LogP contribution in [0.1, 0.15) is 18.1 Å². The van der Waals surface area contributed by atoms with E-state index in [-0.39, 0.29) is 12.7 Å². The van der Waals surface area contributed by atoms with Crippen LogP contribution in [0.15, 0.2) is 30.3 Å². The van der Waals surface area contributed by atoms with E-state index >= 15 is 0 Å². The third kappa shape index (κ3) is 3.63. The molecular weight excluding hydrogens is 322 g/mol. The normalized spacial score (nSPS) is 12.0. The van der Waals surface area contributed by atoms with Crippen LogP contribution in [0.2, 0.25) is 0 Å². The minimum Gasteiger partial charge on any atom is -0.497 e. The van der Waals surface area contributed by atoms with E-state index in [0.29, 0.717) is 24.3 Å². The number of aryl methyl sites for hydroxylation is 1. The van der Waals surface area contributed by atoms with Crippen molar-refractivity contribution in [1.29, 1.82) is 0 Å². The second kappa shape index (κ2) is 7.34. The molecule has 0 aliphatic carbocycles. The first-order valence-electron chi connectivity index (χ1n) is 8.02. The van der Waals surface area contributed by atoms with Crippen molar-refractivity contribution in [2.45, 2.75) is 19.8 Å². The fourth-order valence-corrected chi connectivity index (χ4v) is 2.92. The van der Waals surface area contributed by atoms with E-state index in [4.69, 9.17) is 18.9 Å². The van der Waals surface area contributed by atoms with Crippen molar-refractivity contribution in [2.75, 3.05) is 26.3 Å². The van der Waals surface area contributed by atoms with E-state index in [1.807, 2.05) is 30.3 Å². The summed E-state index contributed by atoms with van der Waals surface area (Å²) in [5.41, 5.74) is 2.67. The summed E-state index contributed by atoms with van der Waals surface area (Å²) in [6.45, 7) is 1.67. The summed E-state index contributed by atoms with van der Waals surface area (Å²) in [6, 6.07) is 9.36. The molecule has 132 valence electrons. The molecule has 6 heteroatoms. The largest absolute Gasteiger partial charge is 0.497 e. The Bertz CT molecular complexity index is 788. The van der Waals surface area contributed by atoms with Crippen molar-refractivity contribution in [3.8, 4) is 23.0 Å². The van der Waals surface area contributed by atoms with Gasteiger partial charge in [0.2, 0.25) is 12.7 Å². The number of rotatable bonds is 6. The predicted octanol–water partition coefficient (Wildman–Crippen LogP) is 3.18. The van der Waals surface area contributed by atoms with Gasteiger partial charge in [-0.1, -0.05) is 0 Å². The van der Waals surface area contributed by atoms with Gasteiger partial charge < -0.3 is 24.3 Å². The molecule has 2 aromatic rings. The summed E-state index contributed by atoms with van der Waals surface area (Å²) in [7, 11) is 3.28. The van der Waals surface area contributed by atoms with E-state index in [2.05, 4.69) is 5.32 Å². The van der Waals surface area contributed by atoms with Gasteiger partial charge in [-0.05, 0) is 48.7 Å². The van der Waals surface area contributed by atoms with Gasteiger partial charge in [-0.2, -0.15) is 0 Å². The molecule has 1 amide bonds. The number of benzene rings is 2. The molecule has 1 aliphatic rings. The van der Waals surface area contributed by atoms with E-state index in [1.165, 1.54) is 6.92 Å². The molecule has 0 bridgehead atoms. The number of fused-ring (bicyclic) bond motifs is 1. The maximum Gasteiger partial charge on any atom is 0.231 e. The minimum absolute atomic E-state index is 0.126. The van der Waals surface area contributed by atoms with Gasteiger partial charge in [-0.15, -0.1) is 0 Å². The van der Waals surface area contributed by atoms with Crippen LogP contribution in [-0.2, 0) is 17.6 Å². The zero-order valence-electron chi connectivity index (χ0n) is 14.5. The Kier molecular flexibility index (Phi) is 4.97. The Morgan fingerprint density at radius 1 is 1.12 bits per heavy atom. The smallest absolute Gasteiger partial charge is 0.231 e. The van der Waals surface area contributed by atoms with Gasteiger partial charge in [0, 0.05) is 18.2 Å². The number of amides is 1. The highest BCUT2D eigenvalue weighted by Crippen LogP contribution is 2.40. The Morgan fingerprint density at radius 3 is 2.68 bits per heavy atom. The Labute approximate surface area is 146 Å².